The Balaban J connectivity index is 1.74. The van der Waals surface area contributed by atoms with Gasteiger partial charge in [0.1, 0.15) is 0 Å². The number of anilines is 1. The van der Waals surface area contributed by atoms with Gasteiger partial charge in [-0.15, -0.1) is 0 Å². The van der Waals surface area contributed by atoms with Gasteiger partial charge in [0.25, 0.3) is 0 Å². The van der Waals surface area contributed by atoms with Crippen molar-refractivity contribution < 1.29 is 9.59 Å². The monoisotopic (exact) mass is 255 g/mol. The number of carbonyl (C=O) groups excluding carboxylic acids is 2. The molecule has 1 heterocycles. The van der Waals surface area contributed by atoms with Gasteiger partial charge in [-0.3, -0.25) is 14.7 Å². The number of rotatable bonds is 4. The molecular weight excluding hydrogens is 242 g/mol. The van der Waals surface area contributed by atoms with Crippen LogP contribution < -0.4 is 5.32 Å². The van der Waals surface area contributed by atoms with Crippen LogP contribution in [0.3, 0.4) is 0 Å². The number of carbonyl (C=O) groups is 2. The van der Waals surface area contributed by atoms with Crippen LogP contribution in [0.1, 0.15) is 23.3 Å². The Labute approximate surface area is 110 Å². The first kappa shape index (κ1) is 11.6. The molecule has 3 rings (SSSR count). The van der Waals surface area contributed by atoms with Crippen molar-refractivity contribution in [2.24, 2.45) is 5.92 Å². The molecule has 5 nitrogen and oxygen atoms in total. The van der Waals surface area contributed by atoms with Crippen molar-refractivity contribution >= 4 is 17.9 Å². The van der Waals surface area contributed by atoms with Crippen LogP contribution in [-0.2, 0) is 4.79 Å². The van der Waals surface area contributed by atoms with Gasteiger partial charge in [-0.25, -0.2) is 0 Å². The van der Waals surface area contributed by atoms with Crippen molar-refractivity contribution in [1.29, 1.82) is 0 Å². The number of aromatic nitrogens is 2. The highest BCUT2D eigenvalue weighted by Crippen LogP contribution is 2.30. The number of hydrogen-bond donors (Lipinski definition) is 2. The van der Waals surface area contributed by atoms with E-state index in [1.165, 1.54) is 0 Å². The molecule has 0 bridgehead atoms. The molecule has 1 fully saturated rings. The van der Waals surface area contributed by atoms with Gasteiger partial charge in [-0.05, 0) is 31.0 Å². The van der Waals surface area contributed by atoms with Gasteiger partial charge >= 0.3 is 0 Å². The van der Waals surface area contributed by atoms with E-state index in [4.69, 9.17) is 0 Å². The standard InChI is InChI=1S/C14H13N3O2/c18-8-12-7-13(17-16-12)9-3-5-11(6-4-9)15-14(19)10-1-2-10/h3-8,10H,1-2H2,(H,15,19)(H,16,17). The van der Waals surface area contributed by atoms with E-state index in [0.717, 1.165) is 30.4 Å². The minimum absolute atomic E-state index is 0.0933. The van der Waals surface area contributed by atoms with Crippen LogP contribution in [0.5, 0.6) is 0 Å². The fourth-order valence-corrected chi connectivity index (χ4v) is 1.86. The van der Waals surface area contributed by atoms with Crippen LogP contribution in [0.2, 0.25) is 0 Å². The lowest BCUT2D eigenvalue weighted by Crippen LogP contribution is -2.12. The number of benzene rings is 1. The Morgan fingerprint density at radius 3 is 2.63 bits per heavy atom. The van der Waals surface area contributed by atoms with Crippen molar-refractivity contribution in [2.45, 2.75) is 12.8 Å². The highest BCUT2D eigenvalue weighted by Gasteiger charge is 2.29. The molecule has 0 atom stereocenters. The van der Waals surface area contributed by atoms with E-state index in [-0.39, 0.29) is 11.8 Å². The number of nitrogens with zero attached hydrogens (tertiary/aromatic N) is 1. The van der Waals surface area contributed by atoms with E-state index >= 15 is 0 Å². The SMILES string of the molecule is O=Cc1cc(-c2ccc(NC(=O)C3CC3)cc2)n[nH]1. The average molecular weight is 255 g/mol. The summed E-state index contributed by atoms with van der Waals surface area (Å²) >= 11 is 0. The first-order valence-electron chi connectivity index (χ1n) is 6.18. The van der Waals surface area contributed by atoms with Crippen molar-refractivity contribution in [3.8, 4) is 11.3 Å². The van der Waals surface area contributed by atoms with Crippen LogP contribution in [0.25, 0.3) is 11.3 Å². The summed E-state index contributed by atoms with van der Waals surface area (Å²) in [5.41, 5.74) is 2.84. The van der Waals surface area contributed by atoms with Crippen molar-refractivity contribution in [3.63, 3.8) is 0 Å². The van der Waals surface area contributed by atoms with Gasteiger partial charge in [0.05, 0.1) is 11.4 Å². The predicted octanol–water partition coefficient (Wildman–Crippen LogP) is 2.24. The van der Waals surface area contributed by atoms with Gasteiger partial charge in [-0.2, -0.15) is 5.10 Å². The van der Waals surface area contributed by atoms with Crippen LogP contribution in [0, 0.1) is 5.92 Å². The Hall–Kier alpha value is -2.43. The second-order valence-electron chi connectivity index (χ2n) is 4.67. The Morgan fingerprint density at radius 1 is 1.32 bits per heavy atom. The van der Waals surface area contributed by atoms with E-state index in [1.807, 2.05) is 24.3 Å². The number of aromatic amines is 1. The minimum atomic E-state index is 0.0933. The summed E-state index contributed by atoms with van der Waals surface area (Å²) in [6.45, 7) is 0. The zero-order valence-corrected chi connectivity index (χ0v) is 10.2. The Bertz CT molecular complexity index is 612. The molecule has 1 aromatic heterocycles. The minimum Gasteiger partial charge on any atom is -0.326 e. The second-order valence-corrected chi connectivity index (χ2v) is 4.67. The largest absolute Gasteiger partial charge is 0.326 e. The molecule has 2 N–H and O–H groups in total. The van der Waals surface area contributed by atoms with E-state index < -0.39 is 0 Å². The average Bonchev–Trinajstić information content (AvgIpc) is 3.18. The van der Waals surface area contributed by atoms with Gasteiger partial charge in [0, 0.05) is 17.2 Å². The molecule has 1 aromatic carbocycles. The highest BCUT2D eigenvalue weighted by molar-refractivity contribution is 5.94. The third-order valence-corrected chi connectivity index (χ3v) is 3.12. The summed E-state index contributed by atoms with van der Waals surface area (Å²) in [5.74, 6) is 0.289. The maximum Gasteiger partial charge on any atom is 0.227 e. The molecule has 96 valence electrons. The second kappa shape index (κ2) is 4.68. The van der Waals surface area contributed by atoms with Crippen LogP contribution in [-0.4, -0.2) is 22.4 Å². The van der Waals surface area contributed by atoms with Crippen LogP contribution in [0.15, 0.2) is 30.3 Å². The quantitative estimate of drug-likeness (QED) is 0.823. The lowest BCUT2D eigenvalue weighted by atomic mass is 10.1. The van der Waals surface area contributed by atoms with Gasteiger partial charge in [0.2, 0.25) is 5.91 Å². The summed E-state index contributed by atoms with van der Waals surface area (Å²) in [6.07, 6.45) is 2.71. The zero-order valence-electron chi connectivity index (χ0n) is 10.2. The van der Waals surface area contributed by atoms with E-state index in [1.54, 1.807) is 6.07 Å². The summed E-state index contributed by atoms with van der Waals surface area (Å²) in [7, 11) is 0. The molecule has 0 aliphatic heterocycles. The fraction of sp³-hybridized carbons (Fsp3) is 0.214. The number of aldehydes is 1. The lowest BCUT2D eigenvalue weighted by Gasteiger charge is -2.04. The van der Waals surface area contributed by atoms with Crippen molar-refractivity contribution in [3.05, 3.63) is 36.0 Å². The number of amides is 1. The first-order valence-corrected chi connectivity index (χ1v) is 6.18. The van der Waals surface area contributed by atoms with Crippen molar-refractivity contribution in [2.75, 3.05) is 5.32 Å². The molecule has 19 heavy (non-hydrogen) atoms. The predicted molar refractivity (Wildman–Crippen MR) is 70.8 cm³/mol. The molecule has 5 heteroatoms. The van der Waals surface area contributed by atoms with E-state index in [9.17, 15) is 9.59 Å². The van der Waals surface area contributed by atoms with Gasteiger partial charge < -0.3 is 5.32 Å². The van der Waals surface area contributed by atoms with Crippen molar-refractivity contribution in [1.82, 2.24) is 10.2 Å². The molecule has 0 saturated heterocycles. The molecular formula is C14H13N3O2. The van der Waals surface area contributed by atoms with Gasteiger partial charge in [0.15, 0.2) is 6.29 Å². The summed E-state index contributed by atoms with van der Waals surface area (Å²) in [4.78, 5) is 22.2. The molecule has 0 spiro atoms. The molecule has 1 aliphatic rings. The number of H-pyrrole nitrogens is 1. The molecule has 1 amide bonds. The van der Waals surface area contributed by atoms with Crippen LogP contribution in [0.4, 0.5) is 5.69 Å². The first-order chi connectivity index (χ1) is 9.26. The number of nitrogens with one attached hydrogen (secondary N) is 2. The molecule has 1 aliphatic carbocycles. The van der Waals surface area contributed by atoms with Crippen LogP contribution >= 0.6 is 0 Å². The highest BCUT2D eigenvalue weighted by atomic mass is 16.2. The zero-order chi connectivity index (χ0) is 13.2. The molecule has 0 radical (unpaired) electrons. The molecule has 1 saturated carbocycles. The van der Waals surface area contributed by atoms with E-state index in [2.05, 4.69) is 15.5 Å². The maximum absolute atomic E-state index is 11.6. The Kier molecular flexibility index (Phi) is 2.87. The summed E-state index contributed by atoms with van der Waals surface area (Å²) in [5, 5.41) is 9.55. The lowest BCUT2D eigenvalue weighted by molar-refractivity contribution is -0.117. The number of hydrogen-bond acceptors (Lipinski definition) is 3. The fourth-order valence-electron chi connectivity index (χ4n) is 1.86. The summed E-state index contributed by atoms with van der Waals surface area (Å²) < 4.78 is 0. The summed E-state index contributed by atoms with van der Waals surface area (Å²) in [6, 6.07) is 9.10. The normalized spacial score (nSPS) is 14.1. The smallest absolute Gasteiger partial charge is 0.227 e. The van der Waals surface area contributed by atoms with Gasteiger partial charge in [-0.1, -0.05) is 12.1 Å². The third kappa shape index (κ3) is 2.54. The molecule has 2 aromatic rings. The molecule has 0 unspecified atom stereocenters. The van der Waals surface area contributed by atoms with E-state index in [0.29, 0.717) is 11.4 Å². The topological polar surface area (TPSA) is 74.8 Å². The third-order valence-electron chi connectivity index (χ3n) is 3.12. The maximum atomic E-state index is 11.6. The Morgan fingerprint density at radius 2 is 2.05 bits per heavy atom.